The fourth-order valence-corrected chi connectivity index (χ4v) is 3.90. The summed E-state index contributed by atoms with van der Waals surface area (Å²) in [7, 11) is 0. The van der Waals surface area contributed by atoms with Crippen molar-refractivity contribution in [2.75, 3.05) is 11.6 Å². The monoisotopic (exact) mass is 378 g/mol. The molecular weight excluding hydrogens is 364 g/mol. The highest BCUT2D eigenvalue weighted by atomic mass is 35.5. The third-order valence-electron chi connectivity index (χ3n) is 3.91. The van der Waals surface area contributed by atoms with Gasteiger partial charge in [-0.15, -0.1) is 11.6 Å². The van der Waals surface area contributed by atoms with Crippen LogP contribution in [-0.2, 0) is 11.3 Å². The van der Waals surface area contributed by atoms with Gasteiger partial charge in [-0.05, 0) is 18.4 Å². The van der Waals surface area contributed by atoms with Crippen LogP contribution in [0, 0.1) is 0 Å². The first kappa shape index (κ1) is 17.7. The molecule has 0 spiro atoms. The summed E-state index contributed by atoms with van der Waals surface area (Å²) < 4.78 is 1.86. The van der Waals surface area contributed by atoms with Crippen LogP contribution in [0.1, 0.15) is 17.6 Å². The van der Waals surface area contributed by atoms with E-state index < -0.39 is 22.9 Å². The molecule has 3 rings (SSSR count). The largest absolute Gasteiger partial charge is 0.339 e. The van der Waals surface area contributed by atoms with E-state index in [-0.39, 0.29) is 22.9 Å². The number of carbonyl (C=O) groups is 2. The van der Waals surface area contributed by atoms with Crippen molar-refractivity contribution in [3.63, 3.8) is 0 Å². The van der Waals surface area contributed by atoms with Gasteiger partial charge in [0.05, 0.1) is 11.3 Å². The summed E-state index contributed by atoms with van der Waals surface area (Å²) in [5.41, 5.74) is -0.333. The lowest BCUT2D eigenvalue weighted by Gasteiger charge is -2.20. The standard InChI is InChI=1S/C17H15ClN2O4S/c18-8-4-5-9-19-15(23)13(11-6-2-1-3-7-11)16-20(17(19)24)14(22)12(21)10-25-16/h1-3,6-7H,4-5,8-10H2. The normalized spacial score (nSPS) is 13.8. The Hall–Kier alpha value is -2.12. The molecule has 0 atom stereocenters. The first-order valence-electron chi connectivity index (χ1n) is 7.78. The zero-order chi connectivity index (χ0) is 18.0. The summed E-state index contributed by atoms with van der Waals surface area (Å²) >= 11 is 6.70. The fourth-order valence-electron chi connectivity index (χ4n) is 2.68. The number of aromatic nitrogens is 2. The molecule has 2 aromatic rings. The van der Waals surface area contributed by atoms with Crippen LogP contribution >= 0.6 is 23.4 Å². The molecule has 0 bridgehead atoms. The Morgan fingerprint density at radius 1 is 1.04 bits per heavy atom. The van der Waals surface area contributed by atoms with Crippen LogP contribution in [0.4, 0.5) is 0 Å². The van der Waals surface area contributed by atoms with Gasteiger partial charge in [-0.1, -0.05) is 42.1 Å². The number of hydrogen-bond donors (Lipinski definition) is 0. The molecule has 0 amide bonds. The number of thioether (sulfide) groups is 1. The van der Waals surface area contributed by atoms with Gasteiger partial charge in [-0.2, -0.15) is 0 Å². The van der Waals surface area contributed by atoms with E-state index in [0.29, 0.717) is 24.3 Å². The Kier molecular flexibility index (Phi) is 5.24. The molecule has 0 radical (unpaired) electrons. The average Bonchev–Trinajstić information content (AvgIpc) is 2.62. The number of halogens is 1. The summed E-state index contributed by atoms with van der Waals surface area (Å²) in [4.78, 5) is 49.7. The number of nitrogens with zero attached hydrogens (tertiary/aromatic N) is 2. The molecule has 0 aliphatic carbocycles. The number of Topliss-reactive ketones (excluding diaryl/α,β-unsaturated/α-hetero) is 1. The fraction of sp³-hybridized carbons (Fsp3) is 0.294. The zero-order valence-corrected chi connectivity index (χ0v) is 14.8. The molecule has 25 heavy (non-hydrogen) atoms. The van der Waals surface area contributed by atoms with Gasteiger partial charge < -0.3 is 0 Å². The summed E-state index contributed by atoms with van der Waals surface area (Å²) in [6.07, 6.45) is 1.17. The molecule has 0 saturated carbocycles. The van der Waals surface area contributed by atoms with Crippen molar-refractivity contribution in [3.8, 4) is 11.1 Å². The zero-order valence-electron chi connectivity index (χ0n) is 13.2. The second kappa shape index (κ2) is 7.41. The van der Waals surface area contributed by atoms with Crippen molar-refractivity contribution >= 4 is 35.1 Å². The minimum Gasteiger partial charge on any atom is -0.288 e. The van der Waals surface area contributed by atoms with Crippen molar-refractivity contribution in [1.29, 1.82) is 0 Å². The lowest BCUT2D eigenvalue weighted by Crippen LogP contribution is -2.47. The van der Waals surface area contributed by atoms with Gasteiger partial charge in [0.2, 0.25) is 5.78 Å². The number of rotatable bonds is 5. The molecule has 1 aliphatic rings. The second-order valence-corrected chi connectivity index (χ2v) is 6.88. The molecule has 8 heteroatoms. The van der Waals surface area contributed by atoms with E-state index in [0.717, 1.165) is 20.9 Å². The number of benzene rings is 1. The molecule has 0 N–H and O–H groups in total. The van der Waals surface area contributed by atoms with E-state index in [4.69, 9.17) is 11.6 Å². The Labute approximate surface area is 152 Å². The maximum atomic E-state index is 13.0. The maximum absolute atomic E-state index is 13.0. The minimum atomic E-state index is -0.887. The van der Waals surface area contributed by atoms with Gasteiger partial charge in [-0.3, -0.25) is 19.0 Å². The van der Waals surface area contributed by atoms with Crippen molar-refractivity contribution in [2.24, 2.45) is 0 Å². The Balaban J connectivity index is 2.29. The number of fused-ring (bicyclic) bond motifs is 1. The van der Waals surface area contributed by atoms with E-state index in [1.807, 2.05) is 6.07 Å². The van der Waals surface area contributed by atoms with Gasteiger partial charge in [0.1, 0.15) is 5.03 Å². The van der Waals surface area contributed by atoms with Gasteiger partial charge in [-0.25, -0.2) is 9.36 Å². The molecule has 1 aromatic carbocycles. The van der Waals surface area contributed by atoms with Gasteiger partial charge in [0.25, 0.3) is 5.56 Å². The third-order valence-corrected chi connectivity index (χ3v) is 5.24. The molecule has 1 aromatic heterocycles. The first-order valence-corrected chi connectivity index (χ1v) is 9.30. The molecule has 130 valence electrons. The Bertz CT molecular complexity index is 950. The van der Waals surface area contributed by atoms with E-state index in [9.17, 15) is 19.2 Å². The number of unbranched alkanes of at least 4 members (excludes halogenated alkanes) is 1. The summed E-state index contributed by atoms with van der Waals surface area (Å²) in [6.45, 7) is 0.149. The molecular formula is C17H15ClN2O4S. The number of hydrogen-bond acceptors (Lipinski definition) is 5. The van der Waals surface area contributed by atoms with Crippen LogP contribution in [0.5, 0.6) is 0 Å². The van der Waals surface area contributed by atoms with Crippen LogP contribution in [0.15, 0.2) is 44.9 Å². The minimum absolute atomic E-state index is 0.0756. The topological polar surface area (TPSA) is 78.1 Å². The summed E-state index contributed by atoms with van der Waals surface area (Å²) in [5, 5.41) is 0.236. The molecule has 6 nitrogen and oxygen atoms in total. The lowest BCUT2D eigenvalue weighted by molar-refractivity contribution is -0.113. The highest BCUT2D eigenvalue weighted by Gasteiger charge is 2.32. The van der Waals surface area contributed by atoms with E-state index >= 15 is 0 Å². The Morgan fingerprint density at radius 3 is 2.44 bits per heavy atom. The number of ketones is 1. The quantitative estimate of drug-likeness (QED) is 0.344. The summed E-state index contributed by atoms with van der Waals surface area (Å²) in [6, 6.07) is 8.84. The Morgan fingerprint density at radius 2 is 1.76 bits per heavy atom. The van der Waals surface area contributed by atoms with Crippen LogP contribution < -0.4 is 11.2 Å². The first-order chi connectivity index (χ1) is 12.1. The van der Waals surface area contributed by atoms with Crippen LogP contribution in [-0.4, -0.2) is 32.5 Å². The lowest BCUT2D eigenvalue weighted by atomic mass is 10.1. The van der Waals surface area contributed by atoms with Gasteiger partial charge in [0, 0.05) is 12.4 Å². The molecule has 1 aliphatic heterocycles. The third kappa shape index (κ3) is 3.21. The smallest absolute Gasteiger partial charge is 0.288 e. The van der Waals surface area contributed by atoms with Crippen LogP contribution in [0.2, 0.25) is 0 Å². The molecule has 0 fully saturated rings. The van der Waals surface area contributed by atoms with Crippen LogP contribution in [0.3, 0.4) is 0 Å². The second-order valence-electron chi connectivity index (χ2n) is 5.53. The predicted molar refractivity (Wildman–Crippen MR) is 96.7 cm³/mol. The van der Waals surface area contributed by atoms with E-state index in [2.05, 4.69) is 0 Å². The predicted octanol–water partition coefficient (Wildman–Crippen LogP) is 2.01. The van der Waals surface area contributed by atoms with Crippen molar-refractivity contribution in [3.05, 3.63) is 51.2 Å². The molecule has 2 heterocycles. The molecule has 0 unspecified atom stereocenters. The van der Waals surface area contributed by atoms with E-state index in [1.165, 1.54) is 0 Å². The van der Waals surface area contributed by atoms with Crippen molar-refractivity contribution in [2.45, 2.75) is 24.4 Å². The number of carbonyl (C=O) groups excluding carboxylic acids is 2. The van der Waals surface area contributed by atoms with E-state index in [1.54, 1.807) is 24.3 Å². The highest BCUT2D eigenvalue weighted by molar-refractivity contribution is 8.00. The SMILES string of the molecule is O=C1CSc2c(-c3ccccc3)c(=O)n(CCCCCl)c(=O)n2C1=O. The maximum Gasteiger partial charge on any atom is 0.339 e. The highest BCUT2D eigenvalue weighted by Crippen LogP contribution is 2.30. The average molecular weight is 379 g/mol. The van der Waals surface area contributed by atoms with Gasteiger partial charge >= 0.3 is 11.6 Å². The van der Waals surface area contributed by atoms with Crippen molar-refractivity contribution < 1.29 is 9.59 Å². The van der Waals surface area contributed by atoms with Crippen LogP contribution in [0.25, 0.3) is 11.1 Å². The number of alkyl halides is 1. The van der Waals surface area contributed by atoms with Crippen molar-refractivity contribution in [1.82, 2.24) is 9.13 Å². The van der Waals surface area contributed by atoms with Gasteiger partial charge in [0.15, 0.2) is 0 Å². The molecule has 0 saturated heterocycles. The summed E-state index contributed by atoms with van der Waals surface area (Å²) in [5.74, 6) is -1.19.